The highest BCUT2D eigenvalue weighted by Crippen LogP contribution is 2.54. The molecule has 3 atom stereocenters. The molecule has 0 bridgehead atoms. The van der Waals surface area contributed by atoms with Crippen molar-refractivity contribution in [3.8, 4) is 5.75 Å². The summed E-state index contributed by atoms with van der Waals surface area (Å²) in [4.78, 5) is 25.3. The average Bonchev–Trinajstić information content (AvgIpc) is 3.47. The van der Waals surface area contributed by atoms with Crippen LogP contribution in [0.1, 0.15) is 17.5 Å². The Hall–Kier alpha value is -3.35. The van der Waals surface area contributed by atoms with Gasteiger partial charge in [-0.25, -0.2) is 4.79 Å². The Morgan fingerprint density at radius 1 is 1.25 bits per heavy atom. The predicted octanol–water partition coefficient (Wildman–Crippen LogP) is 1.92. The van der Waals surface area contributed by atoms with Gasteiger partial charge in [-0.15, -0.1) is 0 Å². The lowest BCUT2D eigenvalue weighted by Crippen LogP contribution is -2.52. The van der Waals surface area contributed by atoms with Crippen molar-refractivity contribution in [1.82, 2.24) is 5.32 Å². The highest BCUT2D eigenvalue weighted by atomic mass is 16.5. The zero-order valence-corrected chi connectivity index (χ0v) is 15.3. The summed E-state index contributed by atoms with van der Waals surface area (Å²) in [5.41, 5.74) is 0.828. The number of amides is 1. The molecule has 0 saturated heterocycles. The van der Waals surface area contributed by atoms with Gasteiger partial charge in [0.15, 0.2) is 5.60 Å². The first-order valence-corrected chi connectivity index (χ1v) is 9.02. The molecular formula is C21H20N2O5. The number of esters is 1. The van der Waals surface area contributed by atoms with Crippen molar-refractivity contribution in [2.75, 3.05) is 7.11 Å². The van der Waals surface area contributed by atoms with Crippen molar-refractivity contribution < 1.29 is 24.3 Å². The maximum Gasteiger partial charge on any atom is 0.328 e. The number of nitrogens with zero attached hydrogens (tertiary/aromatic N) is 1. The number of para-hydroxylation sites is 1. The molecule has 1 saturated carbocycles. The monoisotopic (exact) mass is 380 g/mol. The van der Waals surface area contributed by atoms with Crippen LogP contribution < -0.4 is 10.1 Å². The second-order valence-corrected chi connectivity index (χ2v) is 6.97. The van der Waals surface area contributed by atoms with E-state index in [1.165, 1.54) is 7.11 Å². The molecule has 2 aromatic rings. The summed E-state index contributed by atoms with van der Waals surface area (Å²) < 4.78 is 10.9. The number of ether oxygens (including phenoxy) is 2. The van der Waals surface area contributed by atoms with E-state index in [4.69, 9.17) is 9.47 Å². The normalized spacial score (nSPS) is 24.3. The van der Waals surface area contributed by atoms with Crippen LogP contribution in [0.25, 0.3) is 0 Å². The zero-order chi connectivity index (χ0) is 19.7. The largest absolute Gasteiger partial charge is 0.476 e. The van der Waals surface area contributed by atoms with E-state index in [0.29, 0.717) is 29.9 Å². The second-order valence-electron chi connectivity index (χ2n) is 6.97. The van der Waals surface area contributed by atoms with Gasteiger partial charge >= 0.3 is 5.97 Å². The maximum atomic E-state index is 13.1. The van der Waals surface area contributed by atoms with Crippen molar-refractivity contribution in [3.63, 3.8) is 0 Å². The van der Waals surface area contributed by atoms with E-state index in [9.17, 15) is 14.8 Å². The van der Waals surface area contributed by atoms with Crippen LogP contribution in [0.2, 0.25) is 0 Å². The van der Waals surface area contributed by atoms with Crippen LogP contribution in [-0.4, -0.2) is 41.5 Å². The first-order chi connectivity index (χ1) is 13.6. The first-order valence-electron chi connectivity index (χ1n) is 9.02. The number of benzene rings is 2. The number of carbonyl (C=O) groups excluding carboxylic acids is 2. The third kappa shape index (κ3) is 2.98. The first kappa shape index (κ1) is 18.0. The summed E-state index contributed by atoms with van der Waals surface area (Å²) in [6, 6.07) is 15.7. The van der Waals surface area contributed by atoms with Gasteiger partial charge in [0, 0.05) is 18.4 Å². The van der Waals surface area contributed by atoms with Crippen molar-refractivity contribution in [3.05, 3.63) is 65.7 Å². The minimum absolute atomic E-state index is 0.303. The molecule has 4 rings (SSSR count). The van der Waals surface area contributed by atoms with Crippen LogP contribution in [0.4, 0.5) is 0 Å². The summed E-state index contributed by atoms with van der Waals surface area (Å²) in [7, 11) is 1.29. The lowest BCUT2D eigenvalue weighted by atomic mass is 9.99. The van der Waals surface area contributed by atoms with E-state index in [2.05, 4.69) is 10.5 Å². The van der Waals surface area contributed by atoms with Gasteiger partial charge in [-0.1, -0.05) is 47.6 Å². The number of hydrogen-bond donors (Lipinski definition) is 2. The number of methoxy groups -OCH3 is 1. The fourth-order valence-corrected chi connectivity index (χ4v) is 3.71. The Bertz CT molecular complexity index is 943. The van der Waals surface area contributed by atoms with Gasteiger partial charge < -0.3 is 20.0 Å². The van der Waals surface area contributed by atoms with Gasteiger partial charge in [0.1, 0.15) is 11.8 Å². The Morgan fingerprint density at radius 2 is 1.96 bits per heavy atom. The van der Waals surface area contributed by atoms with Crippen LogP contribution in [0.5, 0.6) is 5.75 Å². The van der Waals surface area contributed by atoms with E-state index in [1.54, 1.807) is 18.2 Å². The predicted molar refractivity (Wildman–Crippen MR) is 100 cm³/mol. The Kier molecular flexibility index (Phi) is 4.50. The number of fused-ring (bicyclic) bond motifs is 2. The van der Waals surface area contributed by atoms with Crippen LogP contribution in [-0.2, 0) is 20.7 Å². The summed E-state index contributed by atoms with van der Waals surface area (Å²) in [6.07, 6.45) is 0.684. The summed E-state index contributed by atoms with van der Waals surface area (Å²) >= 11 is 0. The number of carbonyl (C=O) groups is 2. The molecule has 1 fully saturated rings. The third-order valence-corrected chi connectivity index (χ3v) is 5.26. The average molecular weight is 380 g/mol. The maximum absolute atomic E-state index is 13.1. The molecule has 144 valence electrons. The van der Waals surface area contributed by atoms with Gasteiger partial charge in [-0.3, -0.25) is 4.79 Å². The molecule has 2 N–H and O–H groups in total. The molecule has 2 aromatic carbocycles. The van der Waals surface area contributed by atoms with Crippen LogP contribution >= 0.6 is 0 Å². The van der Waals surface area contributed by atoms with Gasteiger partial charge in [-0.05, 0) is 17.7 Å². The SMILES string of the molecule is COC(=O)[C@H](Cc1ccccc1)NC(=O)[C@]12C[C@H]1/C(=N\O)c1ccccc1O2. The van der Waals surface area contributed by atoms with Crippen LogP contribution in [0.15, 0.2) is 59.8 Å². The van der Waals surface area contributed by atoms with Crippen LogP contribution in [0.3, 0.4) is 0 Å². The third-order valence-electron chi connectivity index (χ3n) is 5.26. The number of hydrogen-bond acceptors (Lipinski definition) is 6. The molecule has 0 unspecified atom stereocenters. The van der Waals surface area contributed by atoms with E-state index in [0.717, 1.165) is 5.56 Å². The zero-order valence-electron chi connectivity index (χ0n) is 15.3. The lowest BCUT2D eigenvalue weighted by molar-refractivity contribution is -0.146. The Balaban J connectivity index is 1.56. The van der Waals surface area contributed by atoms with E-state index < -0.39 is 23.5 Å². The number of rotatable bonds is 5. The molecule has 0 spiro atoms. The number of oxime groups is 1. The highest BCUT2D eigenvalue weighted by molar-refractivity contribution is 6.13. The van der Waals surface area contributed by atoms with Gasteiger partial charge in [0.25, 0.3) is 5.91 Å². The minimum atomic E-state index is -1.17. The van der Waals surface area contributed by atoms with Crippen molar-refractivity contribution in [2.45, 2.75) is 24.5 Å². The van der Waals surface area contributed by atoms with E-state index in [-0.39, 0.29) is 5.92 Å². The molecule has 1 amide bonds. The molecule has 7 nitrogen and oxygen atoms in total. The smallest absolute Gasteiger partial charge is 0.328 e. The number of nitrogens with one attached hydrogen (secondary N) is 1. The van der Waals surface area contributed by atoms with Gasteiger partial charge in [0.2, 0.25) is 0 Å². The van der Waals surface area contributed by atoms with Crippen molar-refractivity contribution >= 4 is 17.6 Å². The molecule has 1 aliphatic carbocycles. The Labute approximate surface area is 162 Å². The van der Waals surface area contributed by atoms with E-state index >= 15 is 0 Å². The molecule has 2 aliphatic rings. The molecular weight excluding hydrogens is 360 g/mol. The Morgan fingerprint density at radius 3 is 2.68 bits per heavy atom. The quantitative estimate of drug-likeness (QED) is 0.469. The fourth-order valence-electron chi connectivity index (χ4n) is 3.71. The molecule has 28 heavy (non-hydrogen) atoms. The summed E-state index contributed by atoms with van der Waals surface area (Å²) in [5, 5.41) is 15.6. The van der Waals surface area contributed by atoms with E-state index in [1.807, 2.05) is 36.4 Å². The van der Waals surface area contributed by atoms with Crippen molar-refractivity contribution in [2.24, 2.45) is 11.1 Å². The fraction of sp³-hybridized carbons (Fsp3) is 0.286. The molecule has 1 heterocycles. The highest BCUT2D eigenvalue weighted by Gasteiger charge is 2.68. The molecule has 0 aromatic heterocycles. The topological polar surface area (TPSA) is 97.2 Å². The van der Waals surface area contributed by atoms with Gasteiger partial charge in [-0.2, -0.15) is 0 Å². The van der Waals surface area contributed by atoms with Gasteiger partial charge in [0.05, 0.1) is 18.7 Å². The standard InChI is InChI=1S/C21H20N2O5/c1-27-19(24)16(11-13-7-3-2-4-8-13)22-20(25)21-12-15(21)18(23-26)14-9-5-6-10-17(14)28-21/h2-10,15-16,26H,11-12H2,1H3,(H,22,25)/b23-18-/t15-,16-,21-/m0/s1. The second kappa shape index (κ2) is 6.99. The molecule has 0 radical (unpaired) electrons. The van der Waals surface area contributed by atoms with Crippen molar-refractivity contribution in [1.29, 1.82) is 0 Å². The molecule has 1 aliphatic heterocycles. The molecule has 7 heteroatoms. The minimum Gasteiger partial charge on any atom is -0.476 e. The van der Waals surface area contributed by atoms with Crippen LogP contribution in [0, 0.1) is 5.92 Å². The summed E-state index contributed by atoms with van der Waals surface area (Å²) in [6.45, 7) is 0. The lowest BCUT2D eigenvalue weighted by Gasteiger charge is -2.27. The summed E-state index contributed by atoms with van der Waals surface area (Å²) in [5.74, 6) is -0.822.